The number of benzene rings is 8. The van der Waals surface area contributed by atoms with Gasteiger partial charge < -0.3 is 0 Å². The molecule has 1 aliphatic heterocycles. The van der Waals surface area contributed by atoms with Crippen molar-refractivity contribution in [1.82, 2.24) is 4.98 Å². The highest BCUT2D eigenvalue weighted by Gasteiger charge is 2.18. The van der Waals surface area contributed by atoms with E-state index in [0.29, 0.717) is 0 Å². The smallest absolute Gasteiger partial charge is 0.0794 e. The molecule has 0 unspecified atom stereocenters. The van der Waals surface area contributed by atoms with E-state index >= 15 is 0 Å². The fourth-order valence-corrected chi connectivity index (χ4v) is 7.76. The molecule has 0 aliphatic carbocycles. The number of aromatic nitrogens is 1. The van der Waals surface area contributed by atoms with Crippen LogP contribution >= 0.6 is 0 Å². The molecule has 0 spiro atoms. The molecule has 0 fully saturated rings. The molecule has 2 heterocycles. The zero-order chi connectivity index (χ0) is 35.1. The largest absolute Gasteiger partial charge is 0.252 e. The Labute approximate surface area is 309 Å². The number of pyridine rings is 1. The van der Waals surface area contributed by atoms with Gasteiger partial charge in [-0.25, -0.2) is 4.98 Å². The second-order valence-corrected chi connectivity index (χ2v) is 13.7. The first-order chi connectivity index (χ1) is 26.2. The monoisotopic (exact) mass is 674 g/mol. The van der Waals surface area contributed by atoms with Gasteiger partial charge in [0.1, 0.15) is 0 Å². The Bertz CT molecular complexity index is 2800. The summed E-state index contributed by atoms with van der Waals surface area (Å²) in [5.74, 6) is 0. The lowest BCUT2D eigenvalue weighted by Crippen LogP contribution is -2.00. The molecule has 0 saturated heterocycles. The van der Waals surface area contributed by atoms with Crippen LogP contribution in [0.25, 0.3) is 77.4 Å². The Kier molecular flexibility index (Phi) is 7.58. The van der Waals surface area contributed by atoms with Gasteiger partial charge in [-0.1, -0.05) is 176 Å². The molecule has 2 nitrogen and oxygen atoms in total. The average molecular weight is 675 g/mol. The van der Waals surface area contributed by atoms with Gasteiger partial charge in [-0.05, 0) is 79.2 Å². The van der Waals surface area contributed by atoms with E-state index < -0.39 is 0 Å². The highest BCUT2D eigenvalue weighted by atomic mass is 14.8. The van der Waals surface area contributed by atoms with Crippen molar-refractivity contribution in [3.63, 3.8) is 0 Å². The topological polar surface area (TPSA) is 25.2 Å². The number of hydrogen-bond acceptors (Lipinski definition) is 2. The van der Waals surface area contributed by atoms with E-state index in [4.69, 9.17) is 9.98 Å². The normalized spacial score (nSPS) is 12.2. The van der Waals surface area contributed by atoms with Gasteiger partial charge in [-0.15, -0.1) is 0 Å². The lowest BCUT2D eigenvalue weighted by Gasteiger charge is -2.16. The van der Waals surface area contributed by atoms with Crippen LogP contribution in [0.15, 0.2) is 199 Å². The maximum Gasteiger partial charge on any atom is 0.0794 e. The molecule has 0 saturated carbocycles. The lowest BCUT2D eigenvalue weighted by atomic mass is 9.90. The average Bonchev–Trinajstić information content (AvgIpc) is 3.69. The molecule has 0 radical (unpaired) electrons. The van der Waals surface area contributed by atoms with E-state index in [2.05, 4.69) is 194 Å². The Balaban J connectivity index is 1.13. The van der Waals surface area contributed by atoms with Crippen LogP contribution in [-0.4, -0.2) is 10.7 Å². The van der Waals surface area contributed by atoms with Crippen molar-refractivity contribution >= 4 is 33.1 Å². The minimum Gasteiger partial charge on any atom is -0.252 e. The maximum absolute atomic E-state index is 5.44. The van der Waals surface area contributed by atoms with Crippen molar-refractivity contribution in [3.05, 3.63) is 205 Å². The third-order valence-corrected chi connectivity index (χ3v) is 10.5. The molecule has 0 amide bonds. The third kappa shape index (κ3) is 5.71. The Morgan fingerprint density at radius 2 is 0.811 bits per heavy atom. The van der Waals surface area contributed by atoms with Gasteiger partial charge in [-0.2, -0.15) is 0 Å². The molecular weight excluding hydrogens is 641 g/mol. The van der Waals surface area contributed by atoms with Gasteiger partial charge in [0.25, 0.3) is 0 Å². The summed E-state index contributed by atoms with van der Waals surface area (Å²) >= 11 is 0. The molecular formula is C51H34N2. The van der Waals surface area contributed by atoms with E-state index in [9.17, 15) is 0 Å². The van der Waals surface area contributed by atoms with Gasteiger partial charge in [-0.3, -0.25) is 4.99 Å². The van der Waals surface area contributed by atoms with Crippen molar-refractivity contribution in [3.8, 4) is 55.8 Å². The van der Waals surface area contributed by atoms with Crippen LogP contribution in [0.2, 0.25) is 0 Å². The van der Waals surface area contributed by atoms with Gasteiger partial charge in [0.2, 0.25) is 0 Å². The van der Waals surface area contributed by atoms with E-state index in [1.165, 1.54) is 44.3 Å². The summed E-state index contributed by atoms with van der Waals surface area (Å²) in [6, 6.07) is 69.6. The quantitative estimate of drug-likeness (QED) is 0.161. The number of nitrogens with zero attached hydrogens (tertiary/aromatic N) is 2. The van der Waals surface area contributed by atoms with Crippen LogP contribution in [0, 0.1) is 0 Å². The van der Waals surface area contributed by atoms with E-state index in [1.54, 1.807) is 0 Å². The number of aliphatic imine (C=N–C) groups is 1. The Hall–Kier alpha value is -6.90. The van der Waals surface area contributed by atoms with Gasteiger partial charge >= 0.3 is 0 Å². The minimum atomic E-state index is 0.857. The fraction of sp³-hybridized carbons (Fsp3) is 0.0196. The summed E-state index contributed by atoms with van der Waals surface area (Å²) in [5.41, 5.74) is 17.2. The van der Waals surface area contributed by atoms with Crippen LogP contribution in [0.1, 0.15) is 11.1 Å². The SMILES string of the molecule is c1ccc(-c2ccc(-c3cc4c(-c5ccc(-c6ccccc6)cc5)cc(-c5ccc(C6=Nc7ccccc7C6)cc5)nc4c4ccccc34)cc2)cc1. The van der Waals surface area contributed by atoms with Gasteiger partial charge in [0.05, 0.1) is 22.6 Å². The van der Waals surface area contributed by atoms with Crippen molar-refractivity contribution in [2.75, 3.05) is 0 Å². The van der Waals surface area contributed by atoms with E-state index in [0.717, 1.165) is 62.1 Å². The first-order valence-electron chi connectivity index (χ1n) is 18.2. The minimum absolute atomic E-state index is 0.857. The van der Waals surface area contributed by atoms with Crippen molar-refractivity contribution in [2.24, 2.45) is 4.99 Å². The van der Waals surface area contributed by atoms with Crippen LogP contribution in [0.3, 0.4) is 0 Å². The molecule has 9 aromatic rings. The first-order valence-corrected chi connectivity index (χ1v) is 18.2. The molecule has 248 valence electrons. The predicted molar refractivity (Wildman–Crippen MR) is 223 cm³/mol. The molecule has 1 aliphatic rings. The molecule has 1 aromatic heterocycles. The summed E-state index contributed by atoms with van der Waals surface area (Å²) < 4.78 is 0. The van der Waals surface area contributed by atoms with Crippen LogP contribution in [-0.2, 0) is 6.42 Å². The van der Waals surface area contributed by atoms with E-state index in [1.807, 2.05) is 0 Å². The summed E-state index contributed by atoms with van der Waals surface area (Å²) in [4.78, 5) is 10.4. The standard InChI is InChI=1S/C51H34N2/c1-3-11-34(12-4-1)36-19-23-38(24-20-36)45-32-47-46(39-25-21-37(22-26-39)35-13-5-2-6-14-35)33-50(53-51(47)44-17-9-8-16-43(44)45)41-29-27-40(28-30-41)49-31-42-15-7-10-18-48(42)52-49/h1-30,32-33H,31H2. The van der Waals surface area contributed by atoms with Crippen LogP contribution in [0.5, 0.6) is 0 Å². The van der Waals surface area contributed by atoms with Crippen molar-refractivity contribution in [2.45, 2.75) is 6.42 Å². The number of hydrogen-bond donors (Lipinski definition) is 0. The van der Waals surface area contributed by atoms with Gasteiger partial charge in [0, 0.05) is 22.8 Å². The van der Waals surface area contributed by atoms with Crippen LogP contribution < -0.4 is 0 Å². The zero-order valence-corrected chi connectivity index (χ0v) is 29.1. The number of fused-ring (bicyclic) bond motifs is 4. The summed E-state index contributed by atoms with van der Waals surface area (Å²) in [5, 5.41) is 3.47. The molecule has 0 bridgehead atoms. The van der Waals surface area contributed by atoms with Crippen molar-refractivity contribution in [1.29, 1.82) is 0 Å². The molecule has 53 heavy (non-hydrogen) atoms. The first kappa shape index (κ1) is 30.9. The summed E-state index contributed by atoms with van der Waals surface area (Å²) in [6.07, 6.45) is 0.857. The highest BCUT2D eigenvalue weighted by molar-refractivity contribution is 6.16. The van der Waals surface area contributed by atoms with Gasteiger partial charge in [0.15, 0.2) is 0 Å². The Morgan fingerprint density at radius 3 is 1.43 bits per heavy atom. The van der Waals surface area contributed by atoms with E-state index in [-0.39, 0.29) is 0 Å². The second-order valence-electron chi connectivity index (χ2n) is 13.7. The fourth-order valence-electron chi connectivity index (χ4n) is 7.76. The maximum atomic E-state index is 5.44. The van der Waals surface area contributed by atoms with Crippen LogP contribution in [0.4, 0.5) is 5.69 Å². The molecule has 2 heteroatoms. The summed E-state index contributed by atoms with van der Waals surface area (Å²) in [6.45, 7) is 0. The number of para-hydroxylation sites is 1. The molecule has 8 aromatic carbocycles. The molecule has 10 rings (SSSR count). The summed E-state index contributed by atoms with van der Waals surface area (Å²) in [7, 11) is 0. The molecule has 0 N–H and O–H groups in total. The Morgan fingerprint density at radius 1 is 0.340 bits per heavy atom. The predicted octanol–water partition coefficient (Wildman–Crippen LogP) is 13.4. The zero-order valence-electron chi connectivity index (χ0n) is 29.1. The van der Waals surface area contributed by atoms with Crippen molar-refractivity contribution < 1.29 is 0 Å². The third-order valence-electron chi connectivity index (χ3n) is 10.5. The lowest BCUT2D eigenvalue weighted by molar-refractivity contribution is 1.38. The second kappa shape index (κ2) is 13.0. The molecule has 0 atom stereocenters. The highest BCUT2D eigenvalue weighted by Crippen LogP contribution is 2.41. The number of rotatable bonds is 6.